The minimum Gasteiger partial charge on any atom is -0.368 e. The Morgan fingerprint density at radius 3 is 3.00 bits per heavy atom. The smallest absolute Gasteiger partial charge is 0.243 e. The molecule has 1 aliphatic heterocycles. The summed E-state index contributed by atoms with van der Waals surface area (Å²) in [6.07, 6.45) is 0.453. The molecule has 1 fully saturated rings. The number of amides is 1. The molecule has 70 valence electrons. The van der Waals surface area contributed by atoms with Crippen LogP contribution in [0.15, 0.2) is 0 Å². The Hall–Kier alpha value is -1.79. The summed E-state index contributed by atoms with van der Waals surface area (Å²) in [5.41, 5.74) is 5.33. The number of rotatable bonds is 2. The quantitative estimate of drug-likeness (QED) is 0.454. The van der Waals surface area contributed by atoms with Crippen LogP contribution in [-0.4, -0.2) is 33.7 Å². The summed E-state index contributed by atoms with van der Waals surface area (Å²) in [6, 6.07) is 0.0581. The van der Waals surface area contributed by atoms with E-state index in [4.69, 9.17) is 5.73 Å². The average molecular weight is 182 g/mol. The molecule has 2 rings (SSSR count). The van der Waals surface area contributed by atoms with Gasteiger partial charge in [-0.25, -0.2) is 5.10 Å². The monoisotopic (exact) mass is 182 g/mol. The van der Waals surface area contributed by atoms with Crippen molar-refractivity contribution < 1.29 is 4.79 Å². The van der Waals surface area contributed by atoms with E-state index in [-0.39, 0.29) is 17.9 Å². The molecule has 7 nitrogen and oxygen atoms in total. The first kappa shape index (κ1) is 7.84. The summed E-state index contributed by atoms with van der Waals surface area (Å²) < 4.78 is 0. The fourth-order valence-corrected chi connectivity index (χ4v) is 1.23. The molecule has 1 unspecified atom stereocenters. The molecule has 1 saturated heterocycles. The second-order valence-electron chi connectivity index (χ2n) is 2.89. The Morgan fingerprint density at radius 1 is 1.62 bits per heavy atom. The Morgan fingerprint density at radius 2 is 2.46 bits per heavy atom. The zero-order valence-electron chi connectivity index (χ0n) is 6.87. The van der Waals surface area contributed by atoms with Crippen molar-refractivity contribution in [3.63, 3.8) is 0 Å². The highest BCUT2D eigenvalue weighted by Crippen LogP contribution is 2.07. The summed E-state index contributed by atoms with van der Waals surface area (Å²) in [6.45, 7) is 0.604. The maximum absolute atomic E-state index is 10.8. The topological polar surface area (TPSA) is 109 Å². The third-order valence-electron chi connectivity index (χ3n) is 1.81. The summed E-state index contributed by atoms with van der Waals surface area (Å²) in [4.78, 5) is 14.7. The molecule has 1 aromatic rings. The zero-order chi connectivity index (χ0) is 9.26. The fraction of sp³-hybridized carbons (Fsp3) is 0.500. The highest BCUT2D eigenvalue weighted by Gasteiger charge is 2.21. The van der Waals surface area contributed by atoms with Crippen molar-refractivity contribution in [1.29, 1.82) is 0 Å². The van der Waals surface area contributed by atoms with Gasteiger partial charge in [-0.2, -0.15) is 4.98 Å². The molecule has 7 heteroatoms. The largest absolute Gasteiger partial charge is 0.368 e. The van der Waals surface area contributed by atoms with Crippen molar-refractivity contribution in [3.8, 4) is 0 Å². The predicted molar refractivity (Wildman–Crippen MR) is 45.8 cm³/mol. The number of carbonyl (C=O) groups is 1. The Balaban J connectivity index is 1.95. The van der Waals surface area contributed by atoms with Gasteiger partial charge < -0.3 is 16.4 Å². The van der Waals surface area contributed by atoms with Gasteiger partial charge in [0.05, 0.1) is 6.04 Å². The highest BCUT2D eigenvalue weighted by atomic mass is 16.1. The van der Waals surface area contributed by atoms with Crippen molar-refractivity contribution in [3.05, 3.63) is 0 Å². The first-order valence-corrected chi connectivity index (χ1v) is 3.95. The highest BCUT2D eigenvalue weighted by molar-refractivity contribution is 5.79. The minimum atomic E-state index is 0.0426. The number of nitrogens with zero attached hydrogens (tertiary/aromatic N) is 2. The minimum absolute atomic E-state index is 0.0426. The molecule has 2 heterocycles. The van der Waals surface area contributed by atoms with Gasteiger partial charge in [-0.3, -0.25) is 4.79 Å². The van der Waals surface area contributed by atoms with Crippen LogP contribution in [0.3, 0.4) is 0 Å². The van der Waals surface area contributed by atoms with E-state index in [1.54, 1.807) is 0 Å². The third kappa shape index (κ3) is 1.68. The molecule has 0 bridgehead atoms. The lowest BCUT2D eigenvalue weighted by Crippen LogP contribution is -2.22. The van der Waals surface area contributed by atoms with E-state index in [1.807, 2.05) is 0 Å². The van der Waals surface area contributed by atoms with Crippen LogP contribution in [0.2, 0.25) is 0 Å². The van der Waals surface area contributed by atoms with Gasteiger partial charge in [0.1, 0.15) is 0 Å². The Bertz CT molecular complexity index is 321. The molecule has 0 aromatic carbocycles. The maximum Gasteiger partial charge on any atom is 0.243 e. The fourth-order valence-electron chi connectivity index (χ4n) is 1.23. The van der Waals surface area contributed by atoms with Crippen molar-refractivity contribution >= 4 is 17.8 Å². The van der Waals surface area contributed by atoms with E-state index in [2.05, 4.69) is 25.8 Å². The molecule has 0 spiro atoms. The van der Waals surface area contributed by atoms with Crippen molar-refractivity contribution in [2.45, 2.75) is 12.5 Å². The van der Waals surface area contributed by atoms with E-state index < -0.39 is 0 Å². The summed E-state index contributed by atoms with van der Waals surface area (Å²) in [5, 5.41) is 12.0. The van der Waals surface area contributed by atoms with Gasteiger partial charge in [-0.1, -0.05) is 0 Å². The molecule has 1 amide bonds. The normalized spacial score (nSPS) is 21.5. The van der Waals surface area contributed by atoms with Crippen molar-refractivity contribution in [1.82, 2.24) is 20.5 Å². The second kappa shape index (κ2) is 2.92. The van der Waals surface area contributed by atoms with Gasteiger partial charge in [0.2, 0.25) is 17.8 Å². The predicted octanol–water partition coefficient (Wildman–Crippen LogP) is -1.31. The van der Waals surface area contributed by atoms with Crippen LogP contribution in [0, 0.1) is 0 Å². The second-order valence-corrected chi connectivity index (χ2v) is 2.89. The summed E-state index contributed by atoms with van der Waals surface area (Å²) in [7, 11) is 0. The van der Waals surface area contributed by atoms with Crippen LogP contribution in [0.5, 0.6) is 0 Å². The maximum atomic E-state index is 10.8. The standard InChI is InChI=1S/C6H10N6O/c7-5-10-6(12-11-5)9-3-1-4(13)8-2-3/h3H,1-2H2,(H,8,13)(H4,7,9,10,11,12). The number of nitrogens with one attached hydrogen (secondary N) is 3. The van der Waals surface area contributed by atoms with E-state index in [0.29, 0.717) is 18.9 Å². The Labute approximate surface area is 74.1 Å². The van der Waals surface area contributed by atoms with E-state index in [0.717, 1.165) is 0 Å². The number of hydrogen-bond donors (Lipinski definition) is 4. The van der Waals surface area contributed by atoms with Crippen LogP contribution >= 0.6 is 0 Å². The van der Waals surface area contributed by atoms with E-state index in [9.17, 15) is 4.79 Å². The number of aromatic amines is 1. The third-order valence-corrected chi connectivity index (χ3v) is 1.81. The first-order chi connectivity index (χ1) is 6.24. The van der Waals surface area contributed by atoms with Crippen LogP contribution in [0.4, 0.5) is 11.9 Å². The molecule has 13 heavy (non-hydrogen) atoms. The molecule has 0 aliphatic carbocycles. The molecular formula is C6H10N6O. The molecule has 0 saturated carbocycles. The number of anilines is 2. The molecule has 0 radical (unpaired) electrons. The van der Waals surface area contributed by atoms with Gasteiger partial charge >= 0.3 is 0 Å². The van der Waals surface area contributed by atoms with Crippen molar-refractivity contribution in [2.24, 2.45) is 0 Å². The summed E-state index contributed by atoms with van der Waals surface area (Å²) >= 11 is 0. The van der Waals surface area contributed by atoms with E-state index in [1.165, 1.54) is 0 Å². The van der Waals surface area contributed by atoms with Gasteiger partial charge in [0.15, 0.2) is 0 Å². The van der Waals surface area contributed by atoms with Crippen LogP contribution in [0.25, 0.3) is 0 Å². The first-order valence-electron chi connectivity index (χ1n) is 3.95. The number of carbonyl (C=O) groups excluding carboxylic acids is 1. The molecule has 5 N–H and O–H groups in total. The SMILES string of the molecule is Nc1nc(NC2CNC(=O)C2)n[nH]1. The molecule has 1 aromatic heterocycles. The van der Waals surface area contributed by atoms with Gasteiger partial charge in [0.25, 0.3) is 0 Å². The molecule has 1 atom stereocenters. The van der Waals surface area contributed by atoms with Gasteiger partial charge in [-0.05, 0) is 0 Å². The lowest BCUT2D eigenvalue weighted by Gasteiger charge is -2.06. The number of aromatic nitrogens is 3. The van der Waals surface area contributed by atoms with E-state index >= 15 is 0 Å². The van der Waals surface area contributed by atoms with Crippen molar-refractivity contribution in [2.75, 3.05) is 17.6 Å². The molecule has 1 aliphatic rings. The number of nitrogens with two attached hydrogens (primary N) is 1. The Kier molecular flexibility index (Phi) is 1.76. The lowest BCUT2D eigenvalue weighted by atomic mass is 10.3. The average Bonchev–Trinajstić information content (AvgIpc) is 2.62. The van der Waals surface area contributed by atoms with Gasteiger partial charge in [-0.15, -0.1) is 5.10 Å². The number of nitrogen functional groups attached to an aromatic ring is 1. The van der Waals surface area contributed by atoms with Crippen LogP contribution < -0.4 is 16.4 Å². The summed E-state index contributed by atoms with van der Waals surface area (Å²) in [5.74, 6) is 0.736. The van der Waals surface area contributed by atoms with Crippen LogP contribution in [-0.2, 0) is 4.79 Å². The van der Waals surface area contributed by atoms with Crippen LogP contribution in [0.1, 0.15) is 6.42 Å². The number of hydrogen-bond acceptors (Lipinski definition) is 5. The lowest BCUT2D eigenvalue weighted by molar-refractivity contribution is -0.119. The number of H-pyrrole nitrogens is 1. The molecular weight excluding hydrogens is 172 g/mol. The van der Waals surface area contributed by atoms with Gasteiger partial charge in [0, 0.05) is 13.0 Å². The zero-order valence-corrected chi connectivity index (χ0v) is 6.87.